The number of benzene rings is 6. The molecule has 0 spiro atoms. The molecule has 0 aliphatic rings. The molecule has 8 aromatic carbocycles. The fourth-order valence-corrected chi connectivity index (χ4v) is 12.3. The number of hydrogen-bond donors (Lipinski definition) is 0. The second-order valence-electron chi connectivity index (χ2n) is 11.4. The summed E-state index contributed by atoms with van der Waals surface area (Å²) >= 11 is 0. The zero-order chi connectivity index (χ0) is 29.0. The molecule has 0 saturated carbocycles. The van der Waals surface area contributed by atoms with Crippen molar-refractivity contribution >= 4 is 78.6 Å². The maximum absolute atomic E-state index is 2.37. The van der Waals surface area contributed by atoms with Crippen molar-refractivity contribution in [3.05, 3.63) is 170 Å². The second-order valence-corrected chi connectivity index (χ2v) is 15.7. The van der Waals surface area contributed by atoms with E-state index in [1.165, 1.54) is 74.2 Å². The van der Waals surface area contributed by atoms with E-state index in [4.69, 9.17) is 0 Å². The molecule has 10 rings (SSSR count). The molecule has 224 valence electrons. The number of hydrogen-bond acceptors (Lipinski definition) is 0. The average Bonchev–Trinajstić information content (AvgIpc) is 3.85. The molecule has 0 fully saturated rings. The van der Waals surface area contributed by atoms with Crippen LogP contribution < -0.4 is 24.8 Å². The molecular formula is C42H28Cl2HfP2. The minimum absolute atomic E-state index is 0. The van der Waals surface area contributed by atoms with Gasteiger partial charge in [0.05, 0.1) is 0 Å². The molecule has 0 amide bonds. The quantitative estimate of drug-likeness (QED) is 0.124. The van der Waals surface area contributed by atoms with Gasteiger partial charge in [-0.15, -0.1) is 70.1 Å². The van der Waals surface area contributed by atoms with Crippen LogP contribution in [0.2, 0.25) is 0 Å². The van der Waals surface area contributed by atoms with Crippen LogP contribution in [0.15, 0.2) is 170 Å². The molecule has 5 heteroatoms. The van der Waals surface area contributed by atoms with Crippen LogP contribution in [0.25, 0.3) is 74.2 Å². The van der Waals surface area contributed by atoms with Crippen LogP contribution in [0, 0.1) is 0 Å². The molecule has 0 unspecified atom stereocenters. The number of rotatable bonds is 2. The Labute approximate surface area is 307 Å². The summed E-state index contributed by atoms with van der Waals surface area (Å²) in [5.41, 5.74) is 0. The Morgan fingerprint density at radius 3 is 0.936 bits per heavy atom. The van der Waals surface area contributed by atoms with Gasteiger partial charge in [-0.3, -0.25) is 0 Å². The first-order valence-corrected chi connectivity index (χ1v) is 17.8. The molecule has 0 N–H and O–H groups in total. The maximum atomic E-state index is 2.37. The number of fused-ring (bicyclic) bond motifs is 8. The van der Waals surface area contributed by atoms with Gasteiger partial charge in [0, 0.05) is 20.5 Å². The molecular weight excluding hydrogens is 816 g/mol. The first kappa shape index (κ1) is 33.5. The Balaban J connectivity index is 0.000000155. The minimum atomic E-state index is -0.419. The predicted molar refractivity (Wildman–Crippen MR) is 197 cm³/mol. The standard InChI is InChI=1S/2C21H14P.2ClH.Hf/c2*1-2-8-16-14-17(13-15(16)7-1)22-20-11-5-3-9-18(20)19-10-4-6-12-21(19)22;;;/h2*1-14H;2*1H;/q2*-1;;;+4/p-2. The van der Waals surface area contributed by atoms with Crippen LogP contribution in [-0.4, -0.2) is 0 Å². The Kier molecular flexibility index (Phi) is 9.96. The molecule has 0 saturated heterocycles. The average molecular weight is 844 g/mol. The first-order valence-electron chi connectivity index (χ1n) is 15.1. The van der Waals surface area contributed by atoms with E-state index in [2.05, 4.69) is 170 Å². The van der Waals surface area contributed by atoms with Crippen molar-refractivity contribution in [2.75, 3.05) is 0 Å². The van der Waals surface area contributed by atoms with Crippen molar-refractivity contribution in [3.63, 3.8) is 0 Å². The molecule has 47 heavy (non-hydrogen) atoms. The largest absolute Gasteiger partial charge is 4.00 e. The molecule has 0 bridgehead atoms. The third-order valence-corrected chi connectivity index (χ3v) is 13.9. The van der Waals surface area contributed by atoms with E-state index in [9.17, 15) is 0 Å². The Hall–Kier alpha value is -3.41. The molecule has 10 aromatic rings. The van der Waals surface area contributed by atoms with Crippen molar-refractivity contribution in [1.29, 1.82) is 0 Å². The van der Waals surface area contributed by atoms with Crippen LogP contribution in [0.1, 0.15) is 0 Å². The smallest absolute Gasteiger partial charge is 1.00 e. The van der Waals surface area contributed by atoms with Crippen LogP contribution in [-0.2, 0) is 25.8 Å². The fraction of sp³-hybridized carbons (Fsp3) is 0. The van der Waals surface area contributed by atoms with E-state index in [0.29, 0.717) is 0 Å². The van der Waals surface area contributed by atoms with Crippen molar-refractivity contribution in [2.24, 2.45) is 0 Å². The van der Waals surface area contributed by atoms with Gasteiger partial charge in [0.2, 0.25) is 0 Å². The van der Waals surface area contributed by atoms with Crippen molar-refractivity contribution < 1.29 is 50.7 Å². The van der Waals surface area contributed by atoms with Gasteiger partial charge >= 0.3 is 25.8 Å². The summed E-state index contributed by atoms with van der Waals surface area (Å²) in [5, 5.41) is 20.0. The summed E-state index contributed by atoms with van der Waals surface area (Å²) in [5.74, 6) is 0. The molecule has 0 aliphatic heterocycles. The van der Waals surface area contributed by atoms with E-state index in [0.717, 1.165) is 0 Å². The van der Waals surface area contributed by atoms with Crippen LogP contribution in [0.4, 0.5) is 0 Å². The minimum Gasteiger partial charge on any atom is -1.00 e. The third kappa shape index (κ3) is 5.74. The van der Waals surface area contributed by atoms with Crippen LogP contribution >= 0.6 is 15.1 Å². The predicted octanol–water partition coefficient (Wildman–Crippen LogP) is 7.69. The summed E-state index contributed by atoms with van der Waals surface area (Å²) in [6.07, 6.45) is 0. The summed E-state index contributed by atoms with van der Waals surface area (Å²) in [4.78, 5) is 0. The summed E-state index contributed by atoms with van der Waals surface area (Å²) in [7, 11) is -0.837. The van der Waals surface area contributed by atoms with Crippen molar-refractivity contribution in [2.45, 2.75) is 0 Å². The van der Waals surface area contributed by atoms with E-state index in [1.807, 2.05) is 0 Å². The SMILES string of the molecule is [Cl-].[Cl-].[Hf+4].c1ccc2[cH-]c(-p3c4ccccc4c4ccccc43)cc2c1.c1ccc2[cH-]c(-p3c4ccccc4c4ccccc43)cc2c1. The molecule has 0 atom stereocenters. The second kappa shape index (κ2) is 14.0. The first-order chi connectivity index (χ1) is 21.8. The number of halogens is 2. The molecule has 2 heterocycles. The van der Waals surface area contributed by atoms with E-state index < -0.39 is 15.1 Å². The van der Waals surface area contributed by atoms with Gasteiger partial charge in [0.25, 0.3) is 0 Å². The van der Waals surface area contributed by atoms with E-state index >= 15 is 0 Å². The summed E-state index contributed by atoms with van der Waals surface area (Å²) in [6.45, 7) is 0. The Morgan fingerprint density at radius 2 is 0.617 bits per heavy atom. The van der Waals surface area contributed by atoms with Gasteiger partial charge < -0.3 is 24.8 Å². The van der Waals surface area contributed by atoms with E-state index in [-0.39, 0.29) is 50.7 Å². The molecule has 2 aromatic heterocycles. The maximum Gasteiger partial charge on any atom is 4.00 e. The zero-order valence-corrected chi connectivity index (χ0v) is 32.2. The van der Waals surface area contributed by atoms with Gasteiger partial charge in [-0.1, -0.05) is 135 Å². The van der Waals surface area contributed by atoms with Gasteiger partial charge in [-0.2, -0.15) is 12.1 Å². The van der Waals surface area contributed by atoms with Gasteiger partial charge in [0.15, 0.2) is 0 Å². The monoisotopic (exact) mass is 844 g/mol. The Bertz CT molecular complexity index is 2280. The zero-order valence-electron chi connectivity index (χ0n) is 25.3. The third-order valence-electron chi connectivity index (χ3n) is 8.88. The van der Waals surface area contributed by atoms with Crippen molar-refractivity contribution in [3.8, 4) is 10.6 Å². The van der Waals surface area contributed by atoms with Gasteiger partial charge in [0.1, 0.15) is 0 Å². The molecule has 0 aliphatic carbocycles. The molecule has 0 radical (unpaired) electrons. The topological polar surface area (TPSA) is 0 Å². The van der Waals surface area contributed by atoms with Crippen LogP contribution in [0.5, 0.6) is 0 Å². The van der Waals surface area contributed by atoms with Crippen molar-refractivity contribution in [1.82, 2.24) is 0 Å². The normalized spacial score (nSPS) is 10.9. The fourth-order valence-electron chi connectivity index (χ4n) is 6.93. The summed E-state index contributed by atoms with van der Waals surface area (Å²) in [6, 6.07) is 62.4. The van der Waals surface area contributed by atoms with Gasteiger partial charge in [-0.25, -0.2) is 0 Å². The summed E-state index contributed by atoms with van der Waals surface area (Å²) < 4.78 is 0. The van der Waals surface area contributed by atoms with Gasteiger partial charge in [-0.05, 0) is 21.5 Å². The van der Waals surface area contributed by atoms with E-state index in [1.54, 1.807) is 0 Å². The van der Waals surface area contributed by atoms with Crippen LogP contribution in [0.3, 0.4) is 0 Å². The molecule has 0 nitrogen and oxygen atoms in total. The Morgan fingerprint density at radius 1 is 0.340 bits per heavy atom.